The number of ether oxygens (including phenoxy) is 2. The van der Waals surface area contributed by atoms with Crippen LogP contribution in [0.1, 0.15) is 6.92 Å². The summed E-state index contributed by atoms with van der Waals surface area (Å²) in [5.41, 5.74) is 0.861. The molecule has 0 aliphatic carbocycles. The van der Waals surface area contributed by atoms with Gasteiger partial charge in [-0.3, -0.25) is 0 Å². The molecule has 8 heteroatoms. The van der Waals surface area contributed by atoms with E-state index in [0.29, 0.717) is 18.2 Å². The summed E-state index contributed by atoms with van der Waals surface area (Å²) in [5.74, 6) is 1.96. The third-order valence-corrected chi connectivity index (χ3v) is 4.04. The number of hydrogen-bond acceptors (Lipinski definition) is 6. The number of aliphatic hydroxyl groups excluding tert-OH is 1. The Bertz CT molecular complexity index is 821. The summed E-state index contributed by atoms with van der Waals surface area (Å²) < 4.78 is 11.9. The molecule has 3 rings (SSSR count). The molecule has 0 saturated heterocycles. The van der Waals surface area contributed by atoms with Crippen molar-refractivity contribution in [2.75, 3.05) is 13.2 Å². The number of halogens is 1. The van der Waals surface area contributed by atoms with Crippen LogP contribution in [-0.2, 0) is 6.54 Å². The summed E-state index contributed by atoms with van der Waals surface area (Å²) in [6, 6.07) is 14.9. The zero-order chi connectivity index (χ0) is 18.4. The van der Waals surface area contributed by atoms with Gasteiger partial charge in [-0.05, 0) is 60.7 Å². The highest BCUT2D eigenvalue weighted by Gasteiger charge is 2.11. The van der Waals surface area contributed by atoms with Crippen molar-refractivity contribution >= 4 is 15.9 Å². The van der Waals surface area contributed by atoms with Crippen LogP contribution >= 0.6 is 15.9 Å². The molecule has 0 fully saturated rings. The fourth-order valence-electron chi connectivity index (χ4n) is 2.27. The summed E-state index contributed by atoms with van der Waals surface area (Å²) in [7, 11) is 0. The van der Waals surface area contributed by atoms with Crippen LogP contribution in [0, 0.1) is 0 Å². The van der Waals surface area contributed by atoms with Crippen LogP contribution in [0.4, 0.5) is 0 Å². The lowest BCUT2D eigenvalue weighted by Crippen LogP contribution is -2.24. The first-order valence-electron chi connectivity index (χ1n) is 8.21. The molecule has 1 atom stereocenters. The molecule has 3 aromatic rings. The summed E-state index contributed by atoms with van der Waals surface area (Å²) in [6.07, 6.45) is -0.756. The lowest BCUT2D eigenvalue weighted by atomic mass is 10.2. The van der Waals surface area contributed by atoms with Crippen molar-refractivity contribution in [3.8, 4) is 22.9 Å². The molecule has 136 valence electrons. The molecule has 7 nitrogen and oxygen atoms in total. The van der Waals surface area contributed by atoms with Crippen LogP contribution in [0.15, 0.2) is 53.0 Å². The van der Waals surface area contributed by atoms with Gasteiger partial charge in [-0.15, -0.1) is 10.2 Å². The Morgan fingerprint density at radius 2 is 1.69 bits per heavy atom. The second-order valence-corrected chi connectivity index (χ2v) is 6.46. The van der Waals surface area contributed by atoms with E-state index in [0.717, 1.165) is 15.8 Å². The van der Waals surface area contributed by atoms with E-state index in [4.69, 9.17) is 9.47 Å². The predicted molar refractivity (Wildman–Crippen MR) is 100 cm³/mol. The van der Waals surface area contributed by atoms with Crippen molar-refractivity contribution in [3.05, 3.63) is 53.0 Å². The minimum atomic E-state index is -0.756. The number of hydrogen-bond donors (Lipinski definition) is 1. The Balaban J connectivity index is 1.52. The van der Waals surface area contributed by atoms with Gasteiger partial charge < -0.3 is 14.6 Å². The van der Waals surface area contributed by atoms with E-state index in [-0.39, 0.29) is 13.2 Å². The monoisotopic (exact) mass is 418 g/mol. The summed E-state index contributed by atoms with van der Waals surface area (Å²) in [6.45, 7) is 2.87. The van der Waals surface area contributed by atoms with Crippen LogP contribution < -0.4 is 9.47 Å². The van der Waals surface area contributed by atoms with Gasteiger partial charge in [-0.1, -0.05) is 15.9 Å². The van der Waals surface area contributed by atoms with Gasteiger partial charge in [0.15, 0.2) is 0 Å². The highest BCUT2D eigenvalue weighted by molar-refractivity contribution is 9.10. The average molecular weight is 419 g/mol. The maximum absolute atomic E-state index is 10.1. The van der Waals surface area contributed by atoms with Crippen LogP contribution in [0.3, 0.4) is 0 Å². The molecular formula is C18H19BrN4O3. The molecule has 0 radical (unpaired) electrons. The SMILES string of the molecule is CCOc1ccc(OCC(O)Cn2nnc(-c3ccc(Br)cc3)n2)cc1. The largest absolute Gasteiger partial charge is 0.494 e. The van der Waals surface area contributed by atoms with Crippen molar-refractivity contribution < 1.29 is 14.6 Å². The minimum absolute atomic E-state index is 0.128. The summed E-state index contributed by atoms with van der Waals surface area (Å²) >= 11 is 3.39. The second-order valence-electron chi connectivity index (χ2n) is 5.54. The van der Waals surface area contributed by atoms with Crippen LogP contribution in [-0.4, -0.2) is 44.6 Å². The van der Waals surface area contributed by atoms with E-state index in [1.807, 2.05) is 43.3 Å². The predicted octanol–water partition coefficient (Wildman–Crippen LogP) is 2.94. The lowest BCUT2D eigenvalue weighted by molar-refractivity contribution is 0.0849. The molecule has 1 heterocycles. The topological polar surface area (TPSA) is 82.3 Å². The van der Waals surface area contributed by atoms with E-state index >= 15 is 0 Å². The first-order chi connectivity index (χ1) is 12.6. The molecule has 1 N–H and O–H groups in total. The first kappa shape index (κ1) is 18.3. The quantitative estimate of drug-likeness (QED) is 0.605. The molecule has 26 heavy (non-hydrogen) atoms. The van der Waals surface area contributed by atoms with Gasteiger partial charge in [0.2, 0.25) is 5.82 Å². The Hall–Kier alpha value is -2.45. The first-order valence-corrected chi connectivity index (χ1v) is 9.01. The molecule has 1 unspecified atom stereocenters. The maximum Gasteiger partial charge on any atom is 0.204 e. The van der Waals surface area contributed by atoms with Crippen molar-refractivity contribution in [1.29, 1.82) is 0 Å². The zero-order valence-corrected chi connectivity index (χ0v) is 15.8. The van der Waals surface area contributed by atoms with E-state index in [9.17, 15) is 5.11 Å². The van der Waals surface area contributed by atoms with E-state index < -0.39 is 6.10 Å². The van der Waals surface area contributed by atoms with E-state index in [1.165, 1.54) is 4.80 Å². The number of aliphatic hydroxyl groups is 1. The fraction of sp³-hybridized carbons (Fsp3) is 0.278. The van der Waals surface area contributed by atoms with Gasteiger partial charge in [0.25, 0.3) is 0 Å². The maximum atomic E-state index is 10.1. The smallest absolute Gasteiger partial charge is 0.204 e. The second kappa shape index (κ2) is 8.77. The van der Waals surface area contributed by atoms with Crippen molar-refractivity contribution in [1.82, 2.24) is 20.2 Å². The Morgan fingerprint density at radius 1 is 1.04 bits per heavy atom. The molecule has 0 aliphatic heterocycles. The van der Waals surface area contributed by atoms with Crippen molar-refractivity contribution in [2.45, 2.75) is 19.6 Å². The number of rotatable bonds is 8. The van der Waals surface area contributed by atoms with Crippen molar-refractivity contribution in [3.63, 3.8) is 0 Å². The highest BCUT2D eigenvalue weighted by atomic mass is 79.9. The molecular weight excluding hydrogens is 400 g/mol. The van der Waals surface area contributed by atoms with Crippen LogP contribution in [0.2, 0.25) is 0 Å². The summed E-state index contributed by atoms with van der Waals surface area (Å²) in [5, 5.41) is 22.4. The minimum Gasteiger partial charge on any atom is -0.494 e. The summed E-state index contributed by atoms with van der Waals surface area (Å²) in [4.78, 5) is 1.36. The molecule has 0 aliphatic rings. The standard InChI is InChI=1S/C18H19BrN4O3/c1-2-25-16-7-9-17(10-8-16)26-12-15(24)11-23-21-18(20-22-23)13-3-5-14(19)6-4-13/h3-10,15,24H,2,11-12H2,1H3. The van der Waals surface area contributed by atoms with Crippen molar-refractivity contribution in [2.24, 2.45) is 0 Å². The lowest BCUT2D eigenvalue weighted by Gasteiger charge is -2.12. The van der Waals surface area contributed by atoms with Gasteiger partial charge in [-0.25, -0.2) is 0 Å². The van der Waals surface area contributed by atoms with E-state index in [2.05, 4.69) is 31.3 Å². The Morgan fingerprint density at radius 3 is 2.35 bits per heavy atom. The van der Waals surface area contributed by atoms with Crippen LogP contribution in [0.5, 0.6) is 11.5 Å². The third-order valence-electron chi connectivity index (χ3n) is 3.51. The molecule has 0 saturated carbocycles. The van der Waals surface area contributed by atoms with Gasteiger partial charge in [-0.2, -0.15) is 4.80 Å². The zero-order valence-electron chi connectivity index (χ0n) is 14.2. The van der Waals surface area contributed by atoms with Gasteiger partial charge in [0, 0.05) is 10.0 Å². The number of nitrogens with zero attached hydrogens (tertiary/aromatic N) is 4. The molecule has 0 bridgehead atoms. The molecule has 2 aromatic carbocycles. The van der Waals surface area contributed by atoms with Gasteiger partial charge in [0.05, 0.1) is 13.2 Å². The number of aromatic nitrogens is 4. The fourth-order valence-corrected chi connectivity index (χ4v) is 2.53. The van der Waals surface area contributed by atoms with Gasteiger partial charge in [0.1, 0.15) is 24.2 Å². The third kappa shape index (κ3) is 5.03. The van der Waals surface area contributed by atoms with Crippen LogP contribution in [0.25, 0.3) is 11.4 Å². The highest BCUT2D eigenvalue weighted by Crippen LogP contribution is 2.18. The number of benzene rings is 2. The normalized spacial score (nSPS) is 12.0. The van der Waals surface area contributed by atoms with Gasteiger partial charge >= 0.3 is 0 Å². The number of tetrazole rings is 1. The molecule has 0 amide bonds. The molecule has 1 aromatic heterocycles. The van der Waals surface area contributed by atoms with E-state index in [1.54, 1.807) is 12.1 Å². The average Bonchev–Trinajstić information content (AvgIpc) is 3.10. The Labute approximate surface area is 159 Å². The molecule has 0 spiro atoms. The Kier molecular flexibility index (Phi) is 6.19.